The van der Waals surface area contributed by atoms with E-state index in [0.717, 1.165) is 20.7 Å². The fourth-order valence-corrected chi connectivity index (χ4v) is 3.80. The first-order valence-electron chi connectivity index (χ1n) is 6.77. The van der Waals surface area contributed by atoms with Gasteiger partial charge in [0, 0.05) is 21.9 Å². The SMILES string of the molecule is O=C(NCCSc1ccccc1)c1cc2ccccc2s1. The Hall–Kier alpha value is -1.78. The molecule has 0 atom stereocenters. The van der Waals surface area contributed by atoms with Gasteiger partial charge in [-0.1, -0.05) is 36.4 Å². The number of benzene rings is 2. The second kappa shape index (κ2) is 6.78. The summed E-state index contributed by atoms with van der Waals surface area (Å²) in [5, 5.41) is 4.11. The van der Waals surface area contributed by atoms with Crippen molar-refractivity contribution in [3.8, 4) is 0 Å². The highest BCUT2D eigenvalue weighted by molar-refractivity contribution is 7.99. The standard InChI is InChI=1S/C17H15NOS2/c19-17(16-12-13-6-4-5-9-15(13)21-16)18-10-11-20-14-7-2-1-3-8-14/h1-9,12H,10-11H2,(H,18,19). The second-order valence-corrected chi connectivity index (χ2v) is 6.82. The molecule has 0 aliphatic heterocycles. The Balaban J connectivity index is 1.52. The van der Waals surface area contributed by atoms with E-state index >= 15 is 0 Å². The van der Waals surface area contributed by atoms with Crippen molar-refractivity contribution in [1.29, 1.82) is 0 Å². The molecule has 0 aliphatic rings. The van der Waals surface area contributed by atoms with Gasteiger partial charge < -0.3 is 5.32 Å². The van der Waals surface area contributed by atoms with E-state index in [4.69, 9.17) is 0 Å². The lowest BCUT2D eigenvalue weighted by Crippen LogP contribution is -2.24. The van der Waals surface area contributed by atoms with Crippen molar-refractivity contribution in [2.75, 3.05) is 12.3 Å². The maximum Gasteiger partial charge on any atom is 0.261 e. The quantitative estimate of drug-likeness (QED) is 0.558. The van der Waals surface area contributed by atoms with E-state index in [1.54, 1.807) is 23.1 Å². The van der Waals surface area contributed by atoms with Crippen molar-refractivity contribution in [3.05, 3.63) is 65.5 Å². The maximum atomic E-state index is 12.1. The maximum absolute atomic E-state index is 12.1. The summed E-state index contributed by atoms with van der Waals surface area (Å²) < 4.78 is 1.15. The lowest BCUT2D eigenvalue weighted by atomic mass is 10.2. The number of carbonyl (C=O) groups is 1. The number of nitrogens with one attached hydrogen (secondary N) is 1. The minimum atomic E-state index is 0.0184. The van der Waals surface area contributed by atoms with Crippen molar-refractivity contribution >= 4 is 39.1 Å². The molecule has 0 saturated carbocycles. The zero-order chi connectivity index (χ0) is 14.5. The van der Waals surface area contributed by atoms with Crippen LogP contribution < -0.4 is 5.32 Å². The normalized spacial score (nSPS) is 10.7. The summed E-state index contributed by atoms with van der Waals surface area (Å²) in [6.07, 6.45) is 0. The van der Waals surface area contributed by atoms with E-state index in [2.05, 4.69) is 17.4 Å². The molecule has 21 heavy (non-hydrogen) atoms. The third-order valence-corrected chi connectivity index (χ3v) is 5.18. The second-order valence-electron chi connectivity index (χ2n) is 4.57. The molecular weight excluding hydrogens is 298 g/mol. The molecular formula is C17H15NOS2. The third-order valence-electron chi connectivity index (χ3n) is 3.05. The minimum Gasteiger partial charge on any atom is -0.350 e. The van der Waals surface area contributed by atoms with Gasteiger partial charge in [0.15, 0.2) is 0 Å². The van der Waals surface area contributed by atoms with E-state index < -0.39 is 0 Å². The zero-order valence-electron chi connectivity index (χ0n) is 11.4. The first-order valence-corrected chi connectivity index (χ1v) is 8.58. The van der Waals surface area contributed by atoms with Crippen molar-refractivity contribution in [1.82, 2.24) is 5.32 Å². The molecule has 2 aromatic carbocycles. The van der Waals surface area contributed by atoms with Gasteiger partial charge in [-0.3, -0.25) is 4.79 Å². The van der Waals surface area contributed by atoms with E-state index in [9.17, 15) is 4.79 Å². The summed E-state index contributed by atoms with van der Waals surface area (Å²) >= 11 is 3.29. The largest absolute Gasteiger partial charge is 0.350 e. The van der Waals surface area contributed by atoms with E-state index in [1.807, 2.05) is 48.5 Å². The molecule has 1 N–H and O–H groups in total. The lowest BCUT2D eigenvalue weighted by molar-refractivity contribution is 0.0960. The highest BCUT2D eigenvalue weighted by atomic mass is 32.2. The molecule has 0 unspecified atom stereocenters. The predicted molar refractivity (Wildman–Crippen MR) is 91.3 cm³/mol. The summed E-state index contributed by atoms with van der Waals surface area (Å²) in [6, 6.07) is 20.3. The fraction of sp³-hybridized carbons (Fsp3) is 0.118. The number of rotatable bonds is 5. The topological polar surface area (TPSA) is 29.1 Å². The first kappa shape index (κ1) is 14.2. The Morgan fingerprint density at radius 2 is 1.81 bits per heavy atom. The lowest BCUT2D eigenvalue weighted by Gasteiger charge is -2.03. The Morgan fingerprint density at radius 3 is 2.62 bits per heavy atom. The third kappa shape index (κ3) is 3.65. The van der Waals surface area contributed by atoms with Gasteiger partial charge in [0.2, 0.25) is 0 Å². The predicted octanol–water partition coefficient (Wildman–Crippen LogP) is 4.42. The molecule has 0 bridgehead atoms. The van der Waals surface area contributed by atoms with E-state index in [1.165, 1.54) is 4.90 Å². The van der Waals surface area contributed by atoms with Crippen molar-refractivity contribution in [2.24, 2.45) is 0 Å². The number of hydrogen-bond donors (Lipinski definition) is 1. The molecule has 0 saturated heterocycles. The monoisotopic (exact) mass is 313 g/mol. The Morgan fingerprint density at radius 1 is 1.05 bits per heavy atom. The van der Waals surface area contributed by atoms with Crippen LogP contribution in [0, 0.1) is 0 Å². The minimum absolute atomic E-state index is 0.0184. The van der Waals surface area contributed by atoms with Crippen LogP contribution >= 0.6 is 23.1 Å². The number of hydrogen-bond acceptors (Lipinski definition) is 3. The summed E-state index contributed by atoms with van der Waals surface area (Å²) in [5.74, 6) is 0.894. The number of amides is 1. The molecule has 1 amide bonds. The molecule has 0 spiro atoms. The van der Waals surface area contributed by atoms with Gasteiger partial charge in [0.05, 0.1) is 4.88 Å². The average molecular weight is 313 g/mol. The molecule has 4 heteroatoms. The van der Waals surface area contributed by atoms with Crippen LogP contribution in [-0.2, 0) is 0 Å². The highest BCUT2D eigenvalue weighted by Gasteiger charge is 2.09. The molecule has 0 aliphatic carbocycles. The van der Waals surface area contributed by atoms with Crippen molar-refractivity contribution < 1.29 is 4.79 Å². The Labute approximate surface area is 132 Å². The number of carbonyl (C=O) groups excluding carboxylic acids is 1. The molecule has 1 heterocycles. The number of fused-ring (bicyclic) bond motifs is 1. The van der Waals surface area contributed by atoms with Crippen LogP contribution in [0.15, 0.2) is 65.6 Å². The van der Waals surface area contributed by atoms with Crippen LogP contribution in [0.1, 0.15) is 9.67 Å². The summed E-state index contributed by atoms with van der Waals surface area (Å²) in [5.41, 5.74) is 0. The summed E-state index contributed by atoms with van der Waals surface area (Å²) in [7, 11) is 0. The Bertz CT molecular complexity index is 704. The van der Waals surface area contributed by atoms with Crippen LogP contribution in [0.3, 0.4) is 0 Å². The Kier molecular flexibility index (Phi) is 4.58. The number of thiophene rings is 1. The molecule has 3 rings (SSSR count). The van der Waals surface area contributed by atoms with Gasteiger partial charge in [0.25, 0.3) is 5.91 Å². The zero-order valence-corrected chi connectivity index (χ0v) is 13.0. The summed E-state index contributed by atoms with van der Waals surface area (Å²) in [4.78, 5) is 14.1. The molecule has 0 radical (unpaired) electrons. The van der Waals surface area contributed by atoms with Crippen molar-refractivity contribution in [3.63, 3.8) is 0 Å². The molecule has 106 valence electrons. The van der Waals surface area contributed by atoms with Gasteiger partial charge in [-0.05, 0) is 29.7 Å². The van der Waals surface area contributed by atoms with Crippen LogP contribution in [0.2, 0.25) is 0 Å². The first-order chi connectivity index (χ1) is 10.3. The number of thioether (sulfide) groups is 1. The molecule has 2 nitrogen and oxygen atoms in total. The van der Waals surface area contributed by atoms with Crippen molar-refractivity contribution in [2.45, 2.75) is 4.90 Å². The molecule has 0 fully saturated rings. The average Bonchev–Trinajstić information content (AvgIpc) is 2.96. The highest BCUT2D eigenvalue weighted by Crippen LogP contribution is 2.25. The molecule has 1 aromatic heterocycles. The summed E-state index contributed by atoms with van der Waals surface area (Å²) in [6.45, 7) is 0.673. The van der Waals surface area contributed by atoms with Gasteiger partial charge >= 0.3 is 0 Å². The van der Waals surface area contributed by atoms with Gasteiger partial charge in [-0.25, -0.2) is 0 Å². The molecule has 3 aromatic rings. The van der Waals surface area contributed by atoms with Crippen LogP contribution in [0.25, 0.3) is 10.1 Å². The van der Waals surface area contributed by atoms with E-state index in [0.29, 0.717) is 6.54 Å². The van der Waals surface area contributed by atoms with Crippen LogP contribution in [0.5, 0.6) is 0 Å². The fourth-order valence-electron chi connectivity index (χ4n) is 2.03. The van der Waals surface area contributed by atoms with Gasteiger partial charge in [-0.2, -0.15) is 0 Å². The van der Waals surface area contributed by atoms with Crippen LogP contribution in [0.4, 0.5) is 0 Å². The van der Waals surface area contributed by atoms with Gasteiger partial charge in [0.1, 0.15) is 0 Å². The van der Waals surface area contributed by atoms with Crippen LogP contribution in [-0.4, -0.2) is 18.2 Å². The van der Waals surface area contributed by atoms with Gasteiger partial charge in [-0.15, -0.1) is 23.1 Å². The smallest absolute Gasteiger partial charge is 0.261 e. The van der Waals surface area contributed by atoms with E-state index in [-0.39, 0.29) is 5.91 Å².